The molecule has 1 heterocycles. The standard InChI is InChI=1S/C13H16N2O3/c1-9(2)13(16)8-14-6-5-10-3-4-11(15(17)18)7-12(10)14/h3-7,9,13,16H,8H2,1-2H3. The van der Waals surface area contributed by atoms with Crippen molar-refractivity contribution in [1.82, 2.24) is 4.57 Å². The molecule has 5 heteroatoms. The summed E-state index contributed by atoms with van der Waals surface area (Å²) in [4.78, 5) is 10.3. The van der Waals surface area contributed by atoms with E-state index in [0.717, 1.165) is 10.9 Å². The first-order valence-electron chi connectivity index (χ1n) is 5.90. The summed E-state index contributed by atoms with van der Waals surface area (Å²) in [7, 11) is 0. The smallest absolute Gasteiger partial charge is 0.271 e. The Hall–Kier alpha value is -1.88. The van der Waals surface area contributed by atoms with Crippen LogP contribution in [-0.4, -0.2) is 20.7 Å². The van der Waals surface area contributed by atoms with E-state index < -0.39 is 11.0 Å². The lowest BCUT2D eigenvalue weighted by molar-refractivity contribution is -0.384. The Labute approximate surface area is 105 Å². The van der Waals surface area contributed by atoms with E-state index in [9.17, 15) is 15.2 Å². The first-order valence-corrected chi connectivity index (χ1v) is 5.90. The van der Waals surface area contributed by atoms with Crippen molar-refractivity contribution in [2.45, 2.75) is 26.5 Å². The van der Waals surface area contributed by atoms with E-state index in [4.69, 9.17) is 0 Å². The van der Waals surface area contributed by atoms with Crippen molar-refractivity contribution in [3.63, 3.8) is 0 Å². The number of fused-ring (bicyclic) bond motifs is 1. The SMILES string of the molecule is CC(C)C(O)Cn1ccc2ccc([N+](=O)[O-])cc21. The van der Waals surface area contributed by atoms with Gasteiger partial charge in [-0.1, -0.05) is 13.8 Å². The molecular formula is C13H16N2O3. The van der Waals surface area contributed by atoms with Gasteiger partial charge in [0.2, 0.25) is 0 Å². The molecule has 0 fully saturated rings. The van der Waals surface area contributed by atoms with Crippen LogP contribution in [0, 0.1) is 16.0 Å². The maximum absolute atomic E-state index is 10.8. The van der Waals surface area contributed by atoms with Gasteiger partial charge in [-0.15, -0.1) is 0 Å². The fourth-order valence-corrected chi connectivity index (χ4v) is 1.86. The van der Waals surface area contributed by atoms with Gasteiger partial charge in [0.1, 0.15) is 0 Å². The molecule has 5 nitrogen and oxygen atoms in total. The van der Waals surface area contributed by atoms with Gasteiger partial charge >= 0.3 is 0 Å². The fourth-order valence-electron chi connectivity index (χ4n) is 1.86. The van der Waals surface area contributed by atoms with Crippen molar-refractivity contribution in [3.8, 4) is 0 Å². The predicted octanol–water partition coefficient (Wildman–Crippen LogP) is 2.57. The van der Waals surface area contributed by atoms with Gasteiger partial charge < -0.3 is 9.67 Å². The van der Waals surface area contributed by atoms with Crippen LogP contribution in [0.1, 0.15) is 13.8 Å². The number of hydrogen-bond acceptors (Lipinski definition) is 3. The van der Waals surface area contributed by atoms with Crippen LogP contribution in [0.4, 0.5) is 5.69 Å². The van der Waals surface area contributed by atoms with Gasteiger partial charge in [0.15, 0.2) is 0 Å². The lowest BCUT2D eigenvalue weighted by atomic mass is 10.1. The van der Waals surface area contributed by atoms with E-state index >= 15 is 0 Å². The first kappa shape index (κ1) is 12.6. The van der Waals surface area contributed by atoms with Crippen molar-refractivity contribution in [2.75, 3.05) is 0 Å². The third-order valence-electron chi connectivity index (χ3n) is 3.12. The van der Waals surface area contributed by atoms with E-state index in [0.29, 0.717) is 6.54 Å². The van der Waals surface area contributed by atoms with Crippen LogP contribution in [0.5, 0.6) is 0 Å². The lowest BCUT2D eigenvalue weighted by Gasteiger charge is -2.15. The topological polar surface area (TPSA) is 68.3 Å². The minimum atomic E-state index is -0.458. The molecule has 0 bridgehead atoms. The average Bonchev–Trinajstić information content (AvgIpc) is 2.71. The molecule has 0 aliphatic heterocycles. The van der Waals surface area contributed by atoms with Gasteiger partial charge in [-0.2, -0.15) is 0 Å². The Morgan fingerprint density at radius 3 is 2.72 bits per heavy atom. The summed E-state index contributed by atoms with van der Waals surface area (Å²) >= 11 is 0. The van der Waals surface area contributed by atoms with E-state index in [2.05, 4.69) is 0 Å². The molecule has 1 unspecified atom stereocenters. The maximum atomic E-state index is 10.8. The van der Waals surface area contributed by atoms with Gasteiger partial charge in [0, 0.05) is 30.3 Å². The second kappa shape index (κ2) is 4.78. The highest BCUT2D eigenvalue weighted by molar-refractivity contribution is 5.82. The number of benzene rings is 1. The molecule has 0 aliphatic rings. The number of nitrogens with zero attached hydrogens (tertiary/aromatic N) is 2. The van der Waals surface area contributed by atoms with Crippen molar-refractivity contribution >= 4 is 16.6 Å². The van der Waals surface area contributed by atoms with Crippen molar-refractivity contribution in [1.29, 1.82) is 0 Å². The van der Waals surface area contributed by atoms with Gasteiger partial charge in [0.05, 0.1) is 16.5 Å². The maximum Gasteiger partial charge on any atom is 0.271 e. The number of aromatic nitrogens is 1. The Bertz CT molecular complexity index is 575. The predicted molar refractivity (Wildman–Crippen MR) is 69.4 cm³/mol. The first-order chi connectivity index (χ1) is 8.49. The number of aliphatic hydroxyl groups is 1. The molecule has 0 radical (unpaired) electrons. The summed E-state index contributed by atoms with van der Waals surface area (Å²) in [5.41, 5.74) is 0.852. The highest BCUT2D eigenvalue weighted by Crippen LogP contribution is 2.22. The molecule has 2 aromatic rings. The van der Waals surface area contributed by atoms with Gasteiger partial charge in [-0.25, -0.2) is 0 Å². The van der Waals surface area contributed by atoms with Crippen LogP contribution >= 0.6 is 0 Å². The number of non-ortho nitro benzene ring substituents is 1. The Morgan fingerprint density at radius 2 is 2.11 bits per heavy atom. The molecule has 0 spiro atoms. The normalized spacial score (nSPS) is 13.1. The highest BCUT2D eigenvalue weighted by atomic mass is 16.6. The number of nitro benzene ring substituents is 1. The van der Waals surface area contributed by atoms with Crippen LogP contribution < -0.4 is 0 Å². The van der Waals surface area contributed by atoms with Crippen LogP contribution in [0.2, 0.25) is 0 Å². The Morgan fingerprint density at radius 1 is 1.39 bits per heavy atom. The van der Waals surface area contributed by atoms with Crippen LogP contribution in [-0.2, 0) is 6.54 Å². The van der Waals surface area contributed by atoms with Crippen molar-refractivity contribution in [2.24, 2.45) is 5.92 Å². The van der Waals surface area contributed by atoms with E-state index in [1.807, 2.05) is 30.7 Å². The minimum Gasteiger partial charge on any atom is -0.391 e. The summed E-state index contributed by atoms with van der Waals surface area (Å²) in [5.74, 6) is 0.154. The monoisotopic (exact) mass is 248 g/mol. The summed E-state index contributed by atoms with van der Waals surface area (Å²) in [6.45, 7) is 4.33. The summed E-state index contributed by atoms with van der Waals surface area (Å²) in [6.07, 6.45) is 1.39. The number of hydrogen-bond donors (Lipinski definition) is 1. The van der Waals surface area contributed by atoms with Gasteiger partial charge in [-0.05, 0) is 18.1 Å². The molecule has 0 aliphatic carbocycles. The van der Waals surface area contributed by atoms with E-state index in [-0.39, 0.29) is 11.6 Å². The molecule has 0 amide bonds. The molecule has 1 aromatic heterocycles. The zero-order valence-corrected chi connectivity index (χ0v) is 10.4. The second-order valence-electron chi connectivity index (χ2n) is 4.78. The van der Waals surface area contributed by atoms with Crippen molar-refractivity contribution in [3.05, 3.63) is 40.6 Å². The molecule has 96 valence electrons. The van der Waals surface area contributed by atoms with E-state index in [1.54, 1.807) is 12.1 Å². The molecule has 1 N–H and O–H groups in total. The molecule has 1 atom stereocenters. The molecule has 0 saturated heterocycles. The number of aliphatic hydroxyl groups excluding tert-OH is 1. The quantitative estimate of drug-likeness (QED) is 0.667. The fraction of sp³-hybridized carbons (Fsp3) is 0.385. The Kier molecular flexibility index (Phi) is 3.34. The minimum absolute atomic E-state index is 0.0708. The summed E-state index contributed by atoms with van der Waals surface area (Å²) < 4.78 is 1.85. The number of nitro groups is 1. The highest BCUT2D eigenvalue weighted by Gasteiger charge is 2.13. The molecule has 2 rings (SSSR count). The molecule has 0 saturated carbocycles. The third kappa shape index (κ3) is 2.36. The Balaban J connectivity index is 2.39. The lowest BCUT2D eigenvalue weighted by Crippen LogP contribution is -2.21. The second-order valence-corrected chi connectivity index (χ2v) is 4.78. The molecular weight excluding hydrogens is 232 g/mol. The number of rotatable bonds is 4. The van der Waals surface area contributed by atoms with Crippen LogP contribution in [0.25, 0.3) is 10.9 Å². The zero-order chi connectivity index (χ0) is 13.3. The van der Waals surface area contributed by atoms with E-state index in [1.165, 1.54) is 6.07 Å². The van der Waals surface area contributed by atoms with Gasteiger partial charge in [0.25, 0.3) is 5.69 Å². The summed E-state index contributed by atoms with van der Waals surface area (Å²) in [5, 5.41) is 21.6. The van der Waals surface area contributed by atoms with Gasteiger partial charge in [-0.3, -0.25) is 10.1 Å². The molecule has 18 heavy (non-hydrogen) atoms. The third-order valence-corrected chi connectivity index (χ3v) is 3.12. The van der Waals surface area contributed by atoms with Crippen molar-refractivity contribution < 1.29 is 10.0 Å². The van der Waals surface area contributed by atoms with Crippen LogP contribution in [0.15, 0.2) is 30.5 Å². The molecule has 1 aromatic carbocycles. The summed E-state index contributed by atoms with van der Waals surface area (Å²) in [6, 6.07) is 6.66. The average molecular weight is 248 g/mol. The zero-order valence-electron chi connectivity index (χ0n) is 10.4. The largest absolute Gasteiger partial charge is 0.391 e. The van der Waals surface area contributed by atoms with Crippen LogP contribution in [0.3, 0.4) is 0 Å².